The van der Waals surface area contributed by atoms with Crippen LogP contribution in [-0.2, 0) is 11.0 Å². The molecule has 1 heterocycles. The molecular weight excluding hydrogens is 369 g/mol. The van der Waals surface area contributed by atoms with Crippen molar-refractivity contribution in [2.75, 3.05) is 4.90 Å². The fraction of sp³-hybridized carbons (Fsp3) is 0.0476. The molecule has 3 aromatic carbocycles. The SMILES string of the molecule is O=C1/C(=N\c2cccc(C(F)(F)F)c2)c2ccccc2N1c1ccccc1O. The number of halogens is 3. The fourth-order valence-corrected chi connectivity index (χ4v) is 3.08. The predicted molar refractivity (Wildman–Crippen MR) is 99.3 cm³/mol. The van der Waals surface area contributed by atoms with E-state index in [0.29, 0.717) is 11.3 Å². The number of amides is 1. The third-order valence-corrected chi connectivity index (χ3v) is 4.34. The molecule has 0 fully saturated rings. The van der Waals surface area contributed by atoms with E-state index in [2.05, 4.69) is 4.99 Å². The Morgan fingerprint density at radius 2 is 1.54 bits per heavy atom. The van der Waals surface area contributed by atoms with E-state index in [1.165, 1.54) is 23.1 Å². The van der Waals surface area contributed by atoms with Crippen LogP contribution < -0.4 is 4.90 Å². The van der Waals surface area contributed by atoms with Crippen molar-refractivity contribution in [3.8, 4) is 5.75 Å². The Morgan fingerprint density at radius 3 is 2.25 bits per heavy atom. The van der Waals surface area contributed by atoms with Gasteiger partial charge in [-0.15, -0.1) is 0 Å². The number of carbonyl (C=O) groups is 1. The van der Waals surface area contributed by atoms with Gasteiger partial charge >= 0.3 is 6.18 Å². The number of benzene rings is 3. The van der Waals surface area contributed by atoms with Crippen LogP contribution in [0.25, 0.3) is 0 Å². The number of anilines is 2. The lowest BCUT2D eigenvalue weighted by atomic mass is 10.1. The quantitative estimate of drug-likeness (QED) is 0.662. The monoisotopic (exact) mass is 382 g/mol. The Balaban J connectivity index is 1.85. The Bertz CT molecular complexity index is 1110. The number of phenolic OH excluding ortho intramolecular Hbond substituents is 1. The molecule has 0 unspecified atom stereocenters. The number of fused-ring (bicyclic) bond motifs is 1. The average molecular weight is 382 g/mol. The van der Waals surface area contributed by atoms with Gasteiger partial charge < -0.3 is 5.11 Å². The molecule has 7 heteroatoms. The topological polar surface area (TPSA) is 52.9 Å². The second kappa shape index (κ2) is 6.53. The van der Waals surface area contributed by atoms with Gasteiger partial charge in [-0.3, -0.25) is 9.69 Å². The zero-order chi connectivity index (χ0) is 19.9. The molecule has 3 aromatic rings. The number of rotatable bonds is 2. The van der Waals surface area contributed by atoms with E-state index in [1.54, 1.807) is 42.5 Å². The molecule has 0 saturated heterocycles. The van der Waals surface area contributed by atoms with Crippen LogP contribution in [-0.4, -0.2) is 16.7 Å². The summed E-state index contributed by atoms with van der Waals surface area (Å²) in [5.74, 6) is -0.619. The molecule has 0 bridgehead atoms. The lowest BCUT2D eigenvalue weighted by Crippen LogP contribution is -2.25. The predicted octanol–water partition coefficient (Wildman–Crippen LogP) is 5.21. The molecule has 1 aliphatic heterocycles. The summed E-state index contributed by atoms with van der Waals surface area (Å²) in [6.45, 7) is 0. The van der Waals surface area contributed by atoms with Gasteiger partial charge in [0.1, 0.15) is 11.5 Å². The minimum atomic E-state index is -4.50. The highest BCUT2D eigenvalue weighted by Crippen LogP contribution is 2.40. The molecule has 0 radical (unpaired) electrons. The van der Waals surface area contributed by atoms with Crippen LogP contribution in [0.2, 0.25) is 0 Å². The molecule has 0 aromatic heterocycles. The smallest absolute Gasteiger partial charge is 0.416 e. The molecule has 28 heavy (non-hydrogen) atoms. The van der Waals surface area contributed by atoms with Gasteiger partial charge in [-0.25, -0.2) is 4.99 Å². The summed E-state index contributed by atoms with van der Waals surface area (Å²) in [5, 5.41) is 10.2. The Labute approximate surface area is 158 Å². The van der Waals surface area contributed by atoms with Gasteiger partial charge in [0.05, 0.1) is 22.6 Å². The third-order valence-electron chi connectivity index (χ3n) is 4.34. The summed E-state index contributed by atoms with van der Waals surface area (Å²) >= 11 is 0. The largest absolute Gasteiger partial charge is 0.506 e. The normalized spacial score (nSPS) is 15.2. The molecule has 0 spiro atoms. The second-order valence-electron chi connectivity index (χ2n) is 6.15. The van der Waals surface area contributed by atoms with Crippen molar-refractivity contribution in [2.24, 2.45) is 4.99 Å². The van der Waals surface area contributed by atoms with Crippen molar-refractivity contribution in [3.63, 3.8) is 0 Å². The zero-order valence-electron chi connectivity index (χ0n) is 14.3. The zero-order valence-corrected chi connectivity index (χ0v) is 14.3. The van der Waals surface area contributed by atoms with E-state index in [0.717, 1.165) is 12.1 Å². The van der Waals surface area contributed by atoms with Crippen molar-refractivity contribution < 1.29 is 23.1 Å². The Hall–Kier alpha value is -3.61. The van der Waals surface area contributed by atoms with Crippen molar-refractivity contribution in [1.29, 1.82) is 0 Å². The first-order valence-electron chi connectivity index (χ1n) is 8.34. The number of aliphatic imine (C=N–C) groups is 1. The summed E-state index contributed by atoms with van der Waals surface area (Å²) in [6, 6.07) is 17.6. The van der Waals surface area contributed by atoms with Gasteiger partial charge in [0, 0.05) is 5.56 Å². The van der Waals surface area contributed by atoms with Gasteiger partial charge in [0.2, 0.25) is 0 Å². The van der Waals surface area contributed by atoms with Crippen molar-refractivity contribution in [2.45, 2.75) is 6.18 Å². The summed E-state index contributed by atoms with van der Waals surface area (Å²) in [4.78, 5) is 18.6. The van der Waals surface area contributed by atoms with Crippen LogP contribution in [0.15, 0.2) is 77.8 Å². The maximum Gasteiger partial charge on any atom is 0.416 e. The van der Waals surface area contributed by atoms with Gasteiger partial charge in [0.15, 0.2) is 0 Å². The second-order valence-corrected chi connectivity index (χ2v) is 6.15. The first-order chi connectivity index (χ1) is 13.4. The fourth-order valence-electron chi connectivity index (χ4n) is 3.08. The van der Waals surface area contributed by atoms with Crippen LogP contribution >= 0.6 is 0 Å². The summed E-state index contributed by atoms with van der Waals surface area (Å²) < 4.78 is 38.9. The van der Waals surface area contributed by atoms with Gasteiger partial charge in [-0.2, -0.15) is 13.2 Å². The molecule has 0 saturated carbocycles. The molecule has 4 nitrogen and oxygen atoms in total. The lowest BCUT2D eigenvalue weighted by Gasteiger charge is -2.17. The number of phenols is 1. The van der Waals surface area contributed by atoms with E-state index in [-0.39, 0.29) is 22.8 Å². The Kier molecular flexibility index (Phi) is 4.15. The number of aromatic hydroxyl groups is 1. The molecule has 140 valence electrons. The molecular formula is C21H13F3N2O2. The average Bonchev–Trinajstić information content (AvgIpc) is 2.94. The van der Waals surface area contributed by atoms with Crippen LogP contribution in [0.4, 0.5) is 30.2 Å². The number of carbonyl (C=O) groups excluding carboxylic acids is 1. The maximum atomic E-state index is 13.1. The molecule has 4 rings (SSSR count). The first kappa shape index (κ1) is 17.8. The minimum absolute atomic E-state index is 0.0122. The standard InChI is InChI=1S/C21H13F3N2O2/c22-21(23,24)13-6-5-7-14(12-13)25-19-15-8-1-2-9-16(15)26(20(19)28)17-10-3-4-11-18(17)27/h1-12,27H/b25-19-. The molecule has 1 N–H and O–H groups in total. The van der Waals surface area contributed by atoms with Crippen LogP contribution in [0.3, 0.4) is 0 Å². The molecule has 0 atom stereocenters. The highest BCUT2D eigenvalue weighted by Gasteiger charge is 2.36. The van der Waals surface area contributed by atoms with E-state index in [1.807, 2.05) is 0 Å². The molecule has 1 amide bonds. The maximum absolute atomic E-state index is 13.1. The van der Waals surface area contributed by atoms with Crippen molar-refractivity contribution >= 4 is 28.7 Å². The van der Waals surface area contributed by atoms with Crippen LogP contribution in [0.1, 0.15) is 11.1 Å². The number of hydrogen-bond acceptors (Lipinski definition) is 3. The van der Waals surface area contributed by atoms with E-state index in [9.17, 15) is 23.1 Å². The van der Waals surface area contributed by atoms with Crippen LogP contribution in [0.5, 0.6) is 5.75 Å². The first-order valence-corrected chi connectivity index (χ1v) is 8.34. The number of nitrogens with zero attached hydrogens (tertiary/aromatic N) is 2. The van der Waals surface area contributed by atoms with Gasteiger partial charge in [0.25, 0.3) is 5.91 Å². The highest BCUT2D eigenvalue weighted by molar-refractivity contribution is 6.56. The van der Waals surface area contributed by atoms with Gasteiger partial charge in [-0.1, -0.05) is 36.4 Å². The number of para-hydroxylation sites is 3. The summed E-state index contributed by atoms with van der Waals surface area (Å²) in [5.41, 5.74) is 0.443. The molecule has 0 aliphatic carbocycles. The van der Waals surface area contributed by atoms with Crippen molar-refractivity contribution in [3.05, 3.63) is 83.9 Å². The third kappa shape index (κ3) is 3.00. The van der Waals surface area contributed by atoms with E-state index in [4.69, 9.17) is 0 Å². The highest BCUT2D eigenvalue weighted by atomic mass is 19.4. The van der Waals surface area contributed by atoms with Crippen molar-refractivity contribution in [1.82, 2.24) is 0 Å². The van der Waals surface area contributed by atoms with Crippen LogP contribution in [0, 0.1) is 0 Å². The number of hydrogen-bond donors (Lipinski definition) is 1. The van der Waals surface area contributed by atoms with E-state index < -0.39 is 17.6 Å². The van der Waals surface area contributed by atoms with E-state index >= 15 is 0 Å². The summed E-state index contributed by atoms with van der Waals surface area (Å²) in [7, 11) is 0. The van der Waals surface area contributed by atoms with Gasteiger partial charge in [-0.05, 0) is 36.4 Å². The lowest BCUT2D eigenvalue weighted by molar-refractivity contribution is -0.137. The summed E-state index contributed by atoms with van der Waals surface area (Å²) in [6.07, 6.45) is -4.50. The Morgan fingerprint density at radius 1 is 0.857 bits per heavy atom. The molecule has 1 aliphatic rings. The number of alkyl halides is 3. The minimum Gasteiger partial charge on any atom is -0.506 e.